The SMILES string of the molecule is CCC(C)(C)C(=O)OCOC(O)(P)OCC1CCC(n2cnc3c(N)ncnc32)O1. The van der Waals surface area contributed by atoms with Gasteiger partial charge in [-0.25, -0.2) is 15.0 Å². The van der Waals surface area contributed by atoms with Gasteiger partial charge in [-0.05, 0) is 42.3 Å². The minimum Gasteiger partial charge on any atom is -0.438 e. The molecule has 2 aromatic heterocycles. The summed E-state index contributed by atoms with van der Waals surface area (Å²) < 4.78 is 23.3. The third-order valence-electron chi connectivity index (χ3n) is 5.15. The van der Waals surface area contributed by atoms with E-state index in [1.807, 2.05) is 16.2 Å². The fraction of sp³-hybridized carbons (Fsp3) is 0.667. The van der Waals surface area contributed by atoms with Crippen molar-refractivity contribution in [2.45, 2.75) is 58.1 Å². The molecule has 0 radical (unpaired) electrons. The number of nitrogens with two attached hydrogens (primary N) is 1. The zero-order valence-corrected chi connectivity index (χ0v) is 18.4. The van der Waals surface area contributed by atoms with Gasteiger partial charge in [-0.2, -0.15) is 0 Å². The topological polar surface area (TPSA) is 144 Å². The van der Waals surface area contributed by atoms with Crippen molar-refractivity contribution in [1.29, 1.82) is 0 Å². The number of hydrogen-bond acceptors (Lipinski definition) is 10. The number of imidazole rings is 1. The number of carbonyl (C=O) groups excluding carboxylic acids is 1. The molecule has 1 fully saturated rings. The maximum Gasteiger partial charge on any atom is 0.313 e. The molecule has 4 atom stereocenters. The van der Waals surface area contributed by atoms with E-state index < -0.39 is 23.9 Å². The molecule has 0 aromatic carbocycles. The van der Waals surface area contributed by atoms with Crippen LogP contribution in [0.5, 0.6) is 0 Å². The first-order valence-corrected chi connectivity index (χ1v) is 10.3. The number of aromatic nitrogens is 4. The van der Waals surface area contributed by atoms with Crippen LogP contribution in [0, 0.1) is 5.41 Å². The normalized spacial score (nSPS) is 21.6. The summed E-state index contributed by atoms with van der Waals surface area (Å²) in [7, 11) is 2.04. The second kappa shape index (κ2) is 9.07. The maximum atomic E-state index is 11.9. The zero-order valence-electron chi connectivity index (χ0n) is 17.3. The quantitative estimate of drug-likeness (QED) is 0.334. The fourth-order valence-corrected chi connectivity index (χ4v) is 3.02. The van der Waals surface area contributed by atoms with Crippen LogP contribution in [0.15, 0.2) is 12.7 Å². The molecule has 3 rings (SSSR count). The molecule has 3 heterocycles. The van der Waals surface area contributed by atoms with E-state index in [4.69, 9.17) is 24.7 Å². The molecule has 0 saturated carbocycles. The minimum atomic E-state index is -2.00. The van der Waals surface area contributed by atoms with Crippen LogP contribution in [0.3, 0.4) is 0 Å². The molecule has 30 heavy (non-hydrogen) atoms. The second-order valence-corrected chi connectivity index (χ2v) is 8.48. The van der Waals surface area contributed by atoms with E-state index in [2.05, 4.69) is 15.0 Å². The molecule has 166 valence electrons. The van der Waals surface area contributed by atoms with Crippen LogP contribution in [0.2, 0.25) is 0 Å². The maximum absolute atomic E-state index is 11.9. The third-order valence-corrected chi connectivity index (χ3v) is 5.48. The number of nitrogens with zero attached hydrogens (tertiary/aromatic N) is 4. The summed E-state index contributed by atoms with van der Waals surface area (Å²) in [5, 5.41) is 10.2. The first kappa shape index (κ1) is 22.8. The zero-order chi connectivity index (χ0) is 21.9. The lowest BCUT2D eigenvalue weighted by molar-refractivity contribution is -0.323. The van der Waals surface area contributed by atoms with Gasteiger partial charge in [0, 0.05) is 0 Å². The highest BCUT2D eigenvalue weighted by molar-refractivity contribution is 7.17. The summed E-state index contributed by atoms with van der Waals surface area (Å²) in [6.45, 7) is 5.08. The monoisotopic (exact) mass is 441 g/mol. The van der Waals surface area contributed by atoms with Crippen LogP contribution >= 0.6 is 9.24 Å². The number of nitrogen functional groups attached to an aromatic ring is 1. The van der Waals surface area contributed by atoms with Gasteiger partial charge < -0.3 is 25.1 Å². The fourth-order valence-electron chi connectivity index (χ4n) is 2.86. The van der Waals surface area contributed by atoms with Gasteiger partial charge in [0.2, 0.25) is 0 Å². The Kier molecular flexibility index (Phi) is 6.88. The average molecular weight is 441 g/mol. The number of rotatable bonds is 9. The second-order valence-electron chi connectivity index (χ2n) is 7.75. The predicted molar refractivity (Wildman–Crippen MR) is 110 cm³/mol. The molecule has 0 bridgehead atoms. The van der Waals surface area contributed by atoms with E-state index >= 15 is 0 Å². The highest BCUT2D eigenvalue weighted by atomic mass is 31.0. The van der Waals surface area contributed by atoms with Gasteiger partial charge in [0.25, 0.3) is 5.71 Å². The summed E-state index contributed by atoms with van der Waals surface area (Å²) >= 11 is 0. The summed E-state index contributed by atoms with van der Waals surface area (Å²) in [6.07, 6.45) is 4.47. The van der Waals surface area contributed by atoms with E-state index in [1.54, 1.807) is 24.7 Å². The number of anilines is 1. The lowest BCUT2D eigenvalue weighted by Crippen LogP contribution is -2.34. The average Bonchev–Trinajstić information content (AvgIpc) is 3.33. The Labute approximate surface area is 176 Å². The Balaban J connectivity index is 1.47. The standard InChI is InChI=1S/C18H28N5O6P/c1-4-17(2,3)16(24)26-10-28-18(25,30)27-7-11-5-6-12(29-11)23-9-22-13-14(19)20-8-21-15(13)23/h8-9,11-12,25H,4-7,10,30H2,1-3H3,(H2,19,20,21). The van der Waals surface area contributed by atoms with E-state index in [0.29, 0.717) is 36.2 Å². The molecule has 3 N–H and O–H groups in total. The van der Waals surface area contributed by atoms with Crippen molar-refractivity contribution in [2.24, 2.45) is 5.41 Å². The molecule has 1 aliphatic heterocycles. The van der Waals surface area contributed by atoms with Crippen LogP contribution in [0.1, 0.15) is 46.3 Å². The summed E-state index contributed by atoms with van der Waals surface area (Å²) in [5.74, 6) is -0.102. The van der Waals surface area contributed by atoms with Gasteiger partial charge in [-0.1, -0.05) is 6.92 Å². The van der Waals surface area contributed by atoms with Crippen molar-refractivity contribution in [1.82, 2.24) is 19.5 Å². The molecule has 0 amide bonds. The summed E-state index contributed by atoms with van der Waals surface area (Å²) in [6, 6.07) is 0. The Morgan fingerprint density at radius 3 is 2.87 bits per heavy atom. The van der Waals surface area contributed by atoms with Crippen LogP contribution in [-0.4, -0.2) is 55.8 Å². The highest BCUT2D eigenvalue weighted by Gasteiger charge is 2.32. The van der Waals surface area contributed by atoms with E-state index in [9.17, 15) is 9.90 Å². The van der Waals surface area contributed by atoms with Crippen molar-refractivity contribution in [3.8, 4) is 0 Å². The van der Waals surface area contributed by atoms with Crippen molar-refractivity contribution in [3.05, 3.63) is 12.7 Å². The van der Waals surface area contributed by atoms with E-state index in [1.165, 1.54) is 6.33 Å². The number of fused-ring (bicyclic) bond motifs is 1. The van der Waals surface area contributed by atoms with Crippen LogP contribution in [0.4, 0.5) is 5.82 Å². The molecule has 1 aliphatic rings. The molecule has 4 unspecified atom stereocenters. The molecule has 0 aliphatic carbocycles. The molecule has 12 heteroatoms. The number of ether oxygens (including phenoxy) is 4. The molecule has 11 nitrogen and oxygen atoms in total. The predicted octanol–water partition coefficient (Wildman–Crippen LogP) is 1.53. The number of carbonyl (C=O) groups is 1. The van der Waals surface area contributed by atoms with Crippen LogP contribution in [0.25, 0.3) is 11.2 Å². The molecular formula is C18H28N5O6P. The van der Waals surface area contributed by atoms with Gasteiger partial charge in [-0.3, -0.25) is 14.1 Å². The third kappa shape index (κ3) is 5.22. The minimum absolute atomic E-state index is 0.0780. The Hall–Kier alpha value is -1.91. The largest absolute Gasteiger partial charge is 0.438 e. The van der Waals surface area contributed by atoms with Crippen molar-refractivity contribution in [3.63, 3.8) is 0 Å². The molecule has 2 aromatic rings. The van der Waals surface area contributed by atoms with Gasteiger partial charge in [0.15, 0.2) is 18.3 Å². The Morgan fingerprint density at radius 1 is 1.37 bits per heavy atom. The van der Waals surface area contributed by atoms with Crippen molar-refractivity contribution < 1.29 is 28.8 Å². The lowest BCUT2D eigenvalue weighted by atomic mass is 9.91. The Bertz CT molecular complexity index is 889. The van der Waals surface area contributed by atoms with Crippen molar-refractivity contribution >= 4 is 32.2 Å². The van der Waals surface area contributed by atoms with E-state index in [0.717, 1.165) is 0 Å². The van der Waals surface area contributed by atoms with Gasteiger partial charge in [0.1, 0.15) is 18.1 Å². The highest BCUT2D eigenvalue weighted by Crippen LogP contribution is 2.32. The molecule has 1 saturated heterocycles. The van der Waals surface area contributed by atoms with Gasteiger partial charge in [0.05, 0.1) is 24.5 Å². The summed E-state index contributed by atoms with van der Waals surface area (Å²) in [4.78, 5) is 24.3. The number of esters is 1. The first-order chi connectivity index (χ1) is 14.1. The molecular weight excluding hydrogens is 413 g/mol. The van der Waals surface area contributed by atoms with Gasteiger partial charge >= 0.3 is 5.97 Å². The molecule has 0 spiro atoms. The number of hydrogen-bond donors (Lipinski definition) is 2. The smallest absolute Gasteiger partial charge is 0.313 e. The van der Waals surface area contributed by atoms with Gasteiger partial charge in [-0.15, -0.1) is 0 Å². The van der Waals surface area contributed by atoms with Crippen LogP contribution < -0.4 is 5.73 Å². The Morgan fingerprint density at radius 2 is 2.13 bits per heavy atom. The lowest BCUT2D eigenvalue weighted by Gasteiger charge is -2.26. The first-order valence-electron chi connectivity index (χ1n) is 9.68. The van der Waals surface area contributed by atoms with E-state index in [-0.39, 0.29) is 18.9 Å². The van der Waals surface area contributed by atoms with Crippen molar-refractivity contribution in [2.75, 3.05) is 19.1 Å². The summed E-state index contributed by atoms with van der Waals surface area (Å²) in [5.41, 5.74) is 4.31. The number of aliphatic hydroxyl groups is 1. The van der Waals surface area contributed by atoms with Crippen LogP contribution in [-0.2, 0) is 23.7 Å².